The summed E-state index contributed by atoms with van der Waals surface area (Å²) in [5, 5.41) is 5.37. The van der Waals surface area contributed by atoms with Gasteiger partial charge in [0.25, 0.3) is 5.91 Å². The van der Waals surface area contributed by atoms with Gasteiger partial charge in [0.1, 0.15) is 0 Å². The Morgan fingerprint density at radius 1 is 1.19 bits per heavy atom. The minimum Gasteiger partial charge on any atom is -0.352 e. The van der Waals surface area contributed by atoms with Gasteiger partial charge < -0.3 is 10.6 Å². The molecule has 1 fully saturated rings. The van der Waals surface area contributed by atoms with Gasteiger partial charge in [0.05, 0.1) is 11.1 Å². The molecule has 0 unspecified atom stereocenters. The maximum atomic E-state index is 12.0. The summed E-state index contributed by atoms with van der Waals surface area (Å²) in [5.74, 6) is 1.98. The first-order valence-corrected chi connectivity index (χ1v) is 9.07. The topological polar surface area (TPSA) is 58.2 Å². The van der Waals surface area contributed by atoms with E-state index in [4.69, 9.17) is 0 Å². The fraction of sp³-hybridized carbons (Fsp3) is 0.467. The molecular weight excluding hydrogens is 304 g/mol. The Balaban J connectivity index is 1.86. The molecule has 21 heavy (non-hydrogen) atoms. The van der Waals surface area contributed by atoms with Crippen molar-refractivity contribution in [1.82, 2.24) is 10.6 Å². The third-order valence-electron chi connectivity index (χ3n) is 2.93. The molecule has 0 bridgehead atoms. The number of nitrogens with one attached hydrogen (secondary N) is 2. The Labute approximate surface area is 133 Å². The minimum atomic E-state index is -0.216. The maximum absolute atomic E-state index is 12.0. The maximum Gasteiger partial charge on any atom is 0.251 e. The standard InChI is InChI=1S/C15H20N2O2S2/c1-10(2)17-13(18)9-16-14(19)11-3-5-12(6-4-11)15-20-7-8-21-15/h3-6,10,15H,7-9H2,1-2H3,(H,16,19)(H,17,18). The lowest BCUT2D eigenvalue weighted by Gasteiger charge is -2.11. The van der Waals surface area contributed by atoms with Gasteiger partial charge in [0.15, 0.2) is 0 Å². The van der Waals surface area contributed by atoms with E-state index in [1.807, 2.05) is 61.6 Å². The van der Waals surface area contributed by atoms with Crippen LogP contribution in [-0.2, 0) is 4.79 Å². The molecule has 2 rings (SSSR count). The van der Waals surface area contributed by atoms with Crippen molar-refractivity contribution in [3.8, 4) is 0 Å². The molecular formula is C15H20N2O2S2. The van der Waals surface area contributed by atoms with Gasteiger partial charge in [-0.1, -0.05) is 12.1 Å². The molecule has 1 aliphatic heterocycles. The highest BCUT2D eigenvalue weighted by Gasteiger charge is 2.18. The highest BCUT2D eigenvalue weighted by molar-refractivity contribution is 8.19. The number of hydrogen-bond acceptors (Lipinski definition) is 4. The Morgan fingerprint density at radius 3 is 2.38 bits per heavy atom. The lowest BCUT2D eigenvalue weighted by Crippen LogP contribution is -2.39. The lowest BCUT2D eigenvalue weighted by atomic mass is 10.1. The Kier molecular flexibility index (Phi) is 5.99. The smallest absolute Gasteiger partial charge is 0.251 e. The summed E-state index contributed by atoms with van der Waals surface area (Å²) in [7, 11) is 0. The third-order valence-corrected chi connectivity index (χ3v) is 6.03. The quantitative estimate of drug-likeness (QED) is 0.873. The van der Waals surface area contributed by atoms with Gasteiger partial charge >= 0.3 is 0 Å². The zero-order chi connectivity index (χ0) is 15.2. The first-order valence-electron chi connectivity index (χ1n) is 6.97. The molecule has 1 aromatic carbocycles. The van der Waals surface area contributed by atoms with Gasteiger partial charge in [-0.15, -0.1) is 23.5 Å². The molecule has 1 saturated heterocycles. The largest absolute Gasteiger partial charge is 0.352 e. The van der Waals surface area contributed by atoms with Crippen LogP contribution in [0.15, 0.2) is 24.3 Å². The van der Waals surface area contributed by atoms with Gasteiger partial charge in [0.2, 0.25) is 5.91 Å². The average Bonchev–Trinajstić information content (AvgIpc) is 2.98. The Bertz CT molecular complexity index is 497. The Morgan fingerprint density at radius 2 is 1.81 bits per heavy atom. The monoisotopic (exact) mass is 324 g/mol. The molecule has 1 aliphatic rings. The van der Waals surface area contributed by atoms with Crippen LogP contribution < -0.4 is 10.6 Å². The molecule has 0 radical (unpaired) electrons. The molecule has 0 saturated carbocycles. The van der Waals surface area contributed by atoms with Crippen molar-refractivity contribution in [3.63, 3.8) is 0 Å². The number of amides is 2. The predicted octanol–water partition coefficient (Wildman–Crippen LogP) is 2.42. The normalized spacial score (nSPS) is 15.2. The minimum absolute atomic E-state index is 0.00704. The number of carbonyl (C=O) groups is 2. The fourth-order valence-electron chi connectivity index (χ4n) is 1.98. The summed E-state index contributed by atoms with van der Waals surface area (Å²) in [4.78, 5) is 23.5. The van der Waals surface area contributed by atoms with E-state index in [9.17, 15) is 9.59 Å². The number of carbonyl (C=O) groups excluding carboxylic acids is 2. The molecule has 4 nitrogen and oxygen atoms in total. The number of thioether (sulfide) groups is 2. The van der Waals surface area contributed by atoms with Crippen molar-refractivity contribution in [1.29, 1.82) is 0 Å². The summed E-state index contributed by atoms with van der Waals surface area (Å²) in [6.07, 6.45) is 0. The second kappa shape index (κ2) is 7.75. The van der Waals surface area contributed by atoms with Crippen LogP contribution >= 0.6 is 23.5 Å². The van der Waals surface area contributed by atoms with Crippen LogP contribution in [0.4, 0.5) is 0 Å². The number of rotatable bonds is 5. The second-order valence-corrected chi connectivity index (χ2v) is 7.82. The zero-order valence-corrected chi connectivity index (χ0v) is 13.9. The van der Waals surface area contributed by atoms with Crippen LogP contribution in [0.3, 0.4) is 0 Å². The van der Waals surface area contributed by atoms with Crippen LogP contribution in [0.25, 0.3) is 0 Å². The van der Waals surface area contributed by atoms with Crippen LogP contribution in [0.5, 0.6) is 0 Å². The van der Waals surface area contributed by atoms with E-state index >= 15 is 0 Å². The van der Waals surface area contributed by atoms with E-state index in [1.54, 1.807) is 0 Å². The molecule has 0 aliphatic carbocycles. The first-order chi connectivity index (χ1) is 10.1. The van der Waals surface area contributed by atoms with Crippen LogP contribution in [0, 0.1) is 0 Å². The zero-order valence-electron chi connectivity index (χ0n) is 12.2. The van der Waals surface area contributed by atoms with Crippen molar-refractivity contribution in [2.45, 2.75) is 24.5 Å². The number of benzene rings is 1. The van der Waals surface area contributed by atoms with Crippen molar-refractivity contribution in [3.05, 3.63) is 35.4 Å². The highest BCUT2D eigenvalue weighted by Crippen LogP contribution is 2.45. The molecule has 0 atom stereocenters. The molecule has 2 N–H and O–H groups in total. The van der Waals surface area contributed by atoms with E-state index in [-0.39, 0.29) is 24.4 Å². The van der Waals surface area contributed by atoms with Gasteiger partial charge in [-0.2, -0.15) is 0 Å². The molecule has 114 valence electrons. The van der Waals surface area contributed by atoms with Gasteiger partial charge in [-0.3, -0.25) is 9.59 Å². The van der Waals surface area contributed by atoms with Crippen LogP contribution in [0.2, 0.25) is 0 Å². The predicted molar refractivity (Wildman–Crippen MR) is 89.7 cm³/mol. The van der Waals surface area contributed by atoms with Gasteiger partial charge in [0, 0.05) is 23.1 Å². The molecule has 6 heteroatoms. The fourth-order valence-corrected chi connectivity index (χ4v) is 4.84. The van der Waals surface area contributed by atoms with Crippen molar-refractivity contribution in [2.24, 2.45) is 0 Å². The van der Waals surface area contributed by atoms with Crippen molar-refractivity contribution >= 4 is 35.3 Å². The SMILES string of the molecule is CC(C)NC(=O)CNC(=O)c1ccc(C2SCCS2)cc1. The summed E-state index contributed by atoms with van der Waals surface area (Å²) >= 11 is 3.88. The third kappa shape index (κ3) is 4.97. The molecule has 1 aromatic rings. The van der Waals surface area contributed by atoms with Crippen molar-refractivity contribution in [2.75, 3.05) is 18.1 Å². The van der Waals surface area contributed by atoms with Crippen molar-refractivity contribution < 1.29 is 9.59 Å². The summed E-state index contributed by atoms with van der Waals surface area (Å²) in [5.41, 5.74) is 1.83. The van der Waals surface area contributed by atoms with E-state index in [0.717, 1.165) is 0 Å². The summed E-state index contributed by atoms with van der Waals surface area (Å²) < 4.78 is 0.485. The Hall–Kier alpha value is -1.14. The lowest BCUT2D eigenvalue weighted by molar-refractivity contribution is -0.120. The van der Waals surface area contributed by atoms with Crippen LogP contribution in [0.1, 0.15) is 34.4 Å². The van der Waals surface area contributed by atoms with E-state index in [0.29, 0.717) is 10.1 Å². The highest BCUT2D eigenvalue weighted by atomic mass is 32.2. The second-order valence-electron chi connectivity index (χ2n) is 5.10. The molecule has 1 heterocycles. The van der Waals surface area contributed by atoms with E-state index in [2.05, 4.69) is 10.6 Å². The van der Waals surface area contributed by atoms with Gasteiger partial charge in [-0.05, 0) is 31.5 Å². The van der Waals surface area contributed by atoms with Gasteiger partial charge in [-0.25, -0.2) is 0 Å². The average molecular weight is 324 g/mol. The van der Waals surface area contributed by atoms with E-state index in [1.165, 1.54) is 17.1 Å². The van der Waals surface area contributed by atoms with Crippen LogP contribution in [-0.4, -0.2) is 35.9 Å². The summed E-state index contributed by atoms with van der Waals surface area (Å²) in [6, 6.07) is 7.72. The summed E-state index contributed by atoms with van der Waals surface area (Å²) in [6.45, 7) is 3.78. The number of hydrogen-bond donors (Lipinski definition) is 2. The van der Waals surface area contributed by atoms with E-state index < -0.39 is 0 Å². The molecule has 2 amide bonds. The first kappa shape index (κ1) is 16.2. The molecule has 0 spiro atoms. The molecule has 0 aromatic heterocycles.